The molecule has 7 rings (SSSR count). The molecule has 0 N–H and O–H groups in total. The van der Waals surface area contributed by atoms with Crippen LogP contribution in [0.25, 0.3) is 0 Å². The third-order valence-electron chi connectivity index (χ3n) is 7.70. The van der Waals surface area contributed by atoms with Gasteiger partial charge in [-0.2, -0.15) is 0 Å². The lowest BCUT2D eigenvalue weighted by Gasteiger charge is -2.25. The molecule has 204 valence electrons. The second-order valence-corrected chi connectivity index (χ2v) is 10.4. The van der Waals surface area contributed by atoms with Gasteiger partial charge >= 0.3 is 0 Å². The second-order valence-electron chi connectivity index (χ2n) is 10.4. The third kappa shape index (κ3) is 4.85. The fraction of sp³-hybridized carbons (Fsp3) is 0.0833. The third-order valence-corrected chi connectivity index (χ3v) is 7.70. The average Bonchev–Trinajstić information content (AvgIpc) is 2.98. The summed E-state index contributed by atoms with van der Waals surface area (Å²) < 4.78 is 43.7. The Hall–Kier alpha value is -5.10. The van der Waals surface area contributed by atoms with Crippen molar-refractivity contribution in [3.05, 3.63) is 196 Å². The van der Waals surface area contributed by atoms with Crippen LogP contribution in [0.5, 0.6) is 0 Å². The Balaban J connectivity index is 1.55. The van der Waals surface area contributed by atoms with E-state index >= 15 is 0 Å². The van der Waals surface area contributed by atoms with Crippen LogP contribution in [0.2, 0.25) is 0 Å². The molecule has 0 unspecified atom stereocenters. The summed E-state index contributed by atoms with van der Waals surface area (Å²) in [4.78, 5) is 15.3. The molecule has 0 aliphatic carbocycles. The van der Waals surface area contributed by atoms with Gasteiger partial charge in [-0.05, 0) is 89.5 Å². The molecule has 1 aliphatic heterocycles. The molecular weight excluding hydrogens is 531 g/mol. The predicted octanol–water partition coefficient (Wildman–Crippen LogP) is 8.14. The smallest absolute Gasteiger partial charge is 0.123 e. The van der Waals surface area contributed by atoms with Crippen molar-refractivity contribution in [2.45, 2.75) is 17.8 Å². The first-order chi connectivity index (χ1) is 20.5. The highest BCUT2D eigenvalue weighted by Crippen LogP contribution is 2.38. The molecule has 0 saturated heterocycles. The van der Waals surface area contributed by atoms with Crippen molar-refractivity contribution in [1.29, 1.82) is 0 Å². The first kappa shape index (κ1) is 25.8. The summed E-state index contributed by atoms with van der Waals surface area (Å²) in [5.41, 5.74) is 6.11. The Morgan fingerprint density at radius 2 is 0.571 bits per heavy atom. The van der Waals surface area contributed by atoms with Crippen molar-refractivity contribution in [3.63, 3.8) is 0 Å². The Morgan fingerprint density at radius 3 is 0.810 bits per heavy atom. The molecule has 0 amide bonds. The molecule has 6 heteroatoms. The van der Waals surface area contributed by atoms with Gasteiger partial charge in [0.2, 0.25) is 0 Å². The van der Waals surface area contributed by atoms with Crippen molar-refractivity contribution in [1.82, 2.24) is 15.0 Å². The van der Waals surface area contributed by atoms with Gasteiger partial charge in [-0.3, -0.25) is 15.0 Å². The van der Waals surface area contributed by atoms with E-state index in [0.717, 1.165) is 0 Å². The molecule has 6 aromatic rings. The van der Waals surface area contributed by atoms with Crippen molar-refractivity contribution in [2.24, 2.45) is 0 Å². The number of nitrogens with zero attached hydrogens (tertiary/aromatic N) is 3. The number of pyridine rings is 3. The fourth-order valence-electron chi connectivity index (χ4n) is 5.91. The largest absolute Gasteiger partial charge is 0.256 e. The summed E-state index contributed by atoms with van der Waals surface area (Å²) in [6.45, 7) is 0. The number of rotatable bonds is 3. The van der Waals surface area contributed by atoms with Gasteiger partial charge in [0.1, 0.15) is 17.5 Å². The van der Waals surface area contributed by atoms with Crippen LogP contribution in [0.15, 0.2) is 127 Å². The van der Waals surface area contributed by atoms with Gasteiger partial charge in [0.25, 0.3) is 0 Å². The maximum absolute atomic E-state index is 14.6. The van der Waals surface area contributed by atoms with E-state index in [4.69, 9.17) is 15.0 Å². The van der Waals surface area contributed by atoms with Crippen LogP contribution < -0.4 is 0 Å². The van der Waals surface area contributed by atoms with E-state index in [-0.39, 0.29) is 17.5 Å². The van der Waals surface area contributed by atoms with Gasteiger partial charge in [0.05, 0.1) is 51.9 Å². The van der Waals surface area contributed by atoms with Crippen LogP contribution in [0.4, 0.5) is 13.2 Å². The molecule has 0 spiro atoms. The van der Waals surface area contributed by atoms with E-state index in [1.165, 1.54) is 36.4 Å². The minimum atomic E-state index is -0.493. The highest BCUT2D eigenvalue weighted by molar-refractivity contribution is 5.46. The lowest BCUT2D eigenvalue weighted by Crippen LogP contribution is -2.17. The zero-order valence-corrected chi connectivity index (χ0v) is 22.3. The Morgan fingerprint density at radius 1 is 0.333 bits per heavy atom. The lowest BCUT2D eigenvalue weighted by atomic mass is 9.86. The predicted molar refractivity (Wildman–Crippen MR) is 155 cm³/mol. The SMILES string of the molecule is Fc1cccc(C2c3cccc(n3)C(c3cccc(F)c3)c3cccc(n3)C(c3cccc(F)c3)c3cccc2n3)c1. The molecule has 0 saturated carbocycles. The van der Waals surface area contributed by atoms with Gasteiger partial charge < -0.3 is 0 Å². The fourth-order valence-corrected chi connectivity index (χ4v) is 5.91. The Labute approximate surface area is 241 Å². The van der Waals surface area contributed by atoms with Crippen LogP contribution in [0.1, 0.15) is 68.6 Å². The molecular formula is C36H24F3N3. The van der Waals surface area contributed by atoms with Crippen LogP contribution in [-0.2, 0) is 0 Å². The van der Waals surface area contributed by atoms with Gasteiger partial charge in [0.15, 0.2) is 0 Å². The zero-order chi connectivity index (χ0) is 28.6. The maximum Gasteiger partial charge on any atom is 0.123 e. The molecule has 1 aliphatic rings. The molecule has 3 aromatic carbocycles. The first-order valence-electron chi connectivity index (χ1n) is 13.7. The molecule has 6 bridgehead atoms. The molecule has 0 fully saturated rings. The molecule has 0 atom stereocenters. The molecule has 42 heavy (non-hydrogen) atoms. The highest BCUT2D eigenvalue weighted by atomic mass is 19.1. The van der Waals surface area contributed by atoms with Gasteiger partial charge in [-0.1, -0.05) is 54.6 Å². The van der Waals surface area contributed by atoms with E-state index in [9.17, 15) is 13.2 Å². The number of benzene rings is 3. The molecule has 3 aromatic heterocycles. The van der Waals surface area contributed by atoms with Crippen molar-refractivity contribution < 1.29 is 13.2 Å². The summed E-state index contributed by atoms with van der Waals surface area (Å²) >= 11 is 0. The minimum absolute atomic E-state index is 0.361. The number of fused-ring (bicyclic) bond motifs is 6. The van der Waals surface area contributed by atoms with Gasteiger partial charge in [-0.25, -0.2) is 13.2 Å². The first-order valence-corrected chi connectivity index (χ1v) is 13.7. The number of halogens is 3. The monoisotopic (exact) mass is 555 g/mol. The van der Waals surface area contributed by atoms with Crippen LogP contribution in [0.3, 0.4) is 0 Å². The average molecular weight is 556 g/mol. The molecule has 0 radical (unpaired) electrons. The lowest BCUT2D eigenvalue weighted by molar-refractivity contribution is 0.623. The van der Waals surface area contributed by atoms with E-state index < -0.39 is 17.8 Å². The van der Waals surface area contributed by atoms with Crippen LogP contribution in [-0.4, -0.2) is 15.0 Å². The van der Waals surface area contributed by atoms with Crippen LogP contribution in [0, 0.1) is 17.5 Å². The second kappa shape index (κ2) is 10.7. The number of hydrogen-bond donors (Lipinski definition) is 0. The molecule has 3 nitrogen and oxygen atoms in total. The van der Waals surface area contributed by atoms with Crippen molar-refractivity contribution in [2.75, 3.05) is 0 Å². The van der Waals surface area contributed by atoms with E-state index in [2.05, 4.69) is 0 Å². The van der Waals surface area contributed by atoms with Crippen molar-refractivity contribution in [3.8, 4) is 0 Å². The molecule has 4 heterocycles. The summed E-state index contributed by atoms with van der Waals surface area (Å²) in [5, 5.41) is 0. The quantitative estimate of drug-likeness (QED) is 0.221. The van der Waals surface area contributed by atoms with E-state index in [1.54, 1.807) is 18.2 Å². The number of hydrogen-bond acceptors (Lipinski definition) is 3. The highest BCUT2D eigenvalue weighted by Gasteiger charge is 2.29. The summed E-state index contributed by atoms with van der Waals surface area (Å²) in [6, 6.07) is 36.4. The zero-order valence-electron chi connectivity index (χ0n) is 22.3. The minimum Gasteiger partial charge on any atom is -0.256 e. The Bertz CT molecular complexity index is 1640. The maximum atomic E-state index is 14.6. The standard InChI is InChI=1S/C36H24F3N3/c37-25-10-1-7-22(19-25)34-28-13-4-15-30(40-28)35(23-8-2-11-26(38)20-23)32-17-6-18-33(42-32)36(24-9-3-12-27(39)21-24)31-16-5-14-29(34)41-31/h1-21,34-36H. The van der Waals surface area contributed by atoms with Crippen molar-refractivity contribution >= 4 is 0 Å². The number of aromatic nitrogens is 3. The normalized spacial score (nSPS) is 17.6. The summed E-state index contributed by atoms with van der Waals surface area (Å²) in [5.74, 6) is -2.56. The summed E-state index contributed by atoms with van der Waals surface area (Å²) in [7, 11) is 0. The van der Waals surface area contributed by atoms with Crippen LogP contribution >= 0.6 is 0 Å². The Kier molecular flexibility index (Phi) is 6.59. The van der Waals surface area contributed by atoms with Gasteiger partial charge in [0, 0.05) is 0 Å². The van der Waals surface area contributed by atoms with E-state index in [1.807, 2.05) is 72.8 Å². The van der Waals surface area contributed by atoms with E-state index in [0.29, 0.717) is 50.9 Å². The topological polar surface area (TPSA) is 38.7 Å². The van der Waals surface area contributed by atoms with Gasteiger partial charge in [-0.15, -0.1) is 0 Å². The summed E-state index contributed by atoms with van der Waals surface area (Å²) in [6.07, 6.45) is 0.